The number of dihydropyridines is 1. The molecule has 2 aliphatic rings. The molecule has 0 aromatic heterocycles. The molecule has 3 rings (SSSR count). The highest BCUT2D eigenvalue weighted by molar-refractivity contribution is 9.10. The fourth-order valence-electron chi connectivity index (χ4n) is 3.26. The number of benzene rings is 1. The Morgan fingerprint density at radius 2 is 1.96 bits per heavy atom. The molecule has 6 heteroatoms. The van der Waals surface area contributed by atoms with Gasteiger partial charge in [0.15, 0.2) is 0 Å². The quantitative estimate of drug-likeness (QED) is 0.702. The van der Waals surface area contributed by atoms with Gasteiger partial charge in [0.25, 0.3) is 0 Å². The number of esters is 1. The molecule has 2 aliphatic heterocycles. The lowest BCUT2D eigenvalue weighted by Crippen LogP contribution is -2.49. The summed E-state index contributed by atoms with van der Waals surface area (Å²) < 4.78 is 6.55. The highest BCUT2D eigenvalue weighted by Gasteiger charge is 2.28. The zero-order valence-electron chi connectivity index (χ0n) is 15.4. The van der Waals surface area contributed by atoms with Crippen LogP contribution in [-0.4, -0.2) is 60.4 Å². The Balaban J connectivity index is 1.60. The number of amidine groups is 1. The number of aliphatic imine (C=N–C) groups is 1. The molecular weight excluding hydrogens is 394 g/mol. The van der Waals surface area contributed by atoms with Crippen molar-refractivity contribution in [2.45, 2.75) is 32.9 Å². The number of nitrogens with zero attached hydrogens (tertiary/aromatic N) is 3. The fraction of sp³-hybridized carbons (Fsp3) is 0.500. The van der Waals surface area contributed by atoms with E-state index in [1.165, 1.54) is 5.56 Å². The lowest BCUT2D eigenvalue weighted by atomic mass is 10.1. The number of ether oxygens (including phenoxy) is 1. The summed E-state index contributed by atoms with van der Waals surface area (Å²) in [6.07, 6.45) is 2.65. The van der Waals surface area contributed by atoms with Crippen molar-refractivity contribution in [3.63, 3.8) is 0 Å². The molecule has 0 saturated carbocycles. The van der Waals surface area contributed by atoms with Crippen molar-refractivity contribution in [1.29, 1.82) is 0 Å². The first-order valence-electron chi connectivity index (χ1n) is 9.21. The molecule has 0 unspecified atom stereocenters. The zero-order valence-corrected chi connectivity index (χ0v) is 17.0. The van der Waals surface area contributed by atoms with Crippen LogP contribution in [0.25, 0.3) is 0 Å². The molecule has 0 radical (unpaired) electrons. The smallest absolute Gasteiger partial charge is 0.341 e. The van der Waals surface area contributed by atoms with Gasteiger partial charge in [-0.2, -0.15) is 0 Å². The molecule has 0 atom stereocenters. The van der Waals surface area contributed by atoms with Crippen LogP contribution in [0.1, 0.15) is 25.8 Å². The molecule has 1 aromatic carbocycles. The van der Waals surface area contributed by atoms with Gasteiger partial charge in [0, 0.05) is 43.7 Å². The molecule has 0 bridgehead atoms. The lowest BCUT2D eigenvalue weighted by Gasteiger charge is -2.37. The van der Waals surface area contributed by atoms with E-state index in [0.717, 1.165) is 56.0 Å². The van der Waals surface area contributed by atoms with E-state index in [9.17, 15) is 4.79 Å². The normalized spacial score (nSPS) is 18.5. The van der Waals surface area contributed by atoms with Crippen molar-refractivity contribution >= 4 is 27.7 Å². The molecule has 140 valence electrons. The summed E-state index contributed by atoms with van der Waals surface area (Å²) in [5, 5.41) is 0. The third-order valence-corrected chi connectivity index (χ3v) is 5.34. The van der Waals surface area contributed by atoms with Crippen LogP contribution >= 0.6 is 15.9 Å². The summed E-state index contributed by atoms with van der Waals surface area (Å²) >= 11 is 3.63. The Kier molecular flexibility index (Phi) is 6.48. The van der Waals surface area contributed by atoms with Gasteiger partial charge in [-0.3, -0.25) is 9.89 Å². The first kappa shape index (κ1) is 19.1. The van der Waals surface area contributed by atoms with Crippen LogP contribution in [0.2, 0.25) is 0 Å². The van der Waals surface area contributed by atoms with Crippen molar-refractivity contribution in [2.24, 2.45) is 4.99 Å². The first-order valence-corrected chi connectivity index (χ1v) is 10.0. The van der Waals surface area contributed by atoms with Crippen molar-refractivity contribution in [3.8, 4) is 0 Å². The van der Waals surface area contributed by atoms with Gasteiger partial charge in [0.05, 0.1) is 11.7 Å². The molecule has 5 nitrogen and oxygen atoms in total. The van der Waals surface area contributed by atoms with Crippen molar-refractivity contribution in [3.05, 3.63) is 46.0 Å². The van der Waals surface area contributed by atoms with E-state index >= 15 is 0 Å². The first-order chi connectivity index (χ1) is 12.5. The van der Waals surface area contributed by atoms with E-state index in [-0.39, 0.29) is 12.1 Å². The van der Waals surface area contributed by atoms with Gasteiger partial charge in [-0.1, -0.05) is 40.2 Å². The van der Waals surface area contributed by atoms with Crippen LogP contribution in [-0.2, 0) is 16.1 Å². The van der Waals surface area contributed by atoms with Crippen LogP contribution in [0.5, 0.6) is 0 Å². The number of carbonyl (C=O) groups is 1. The summed E-state index contributed by atoms with van der Waals surface area (Å²) in [7, 11) is 0. The molecule has 0 N–H and O–H groups in total. The standard InChI is InChI=1S/C20H26BrN3O2/c1-15(2)26-20(25)17-7-5-9-22-19(17)24-12-10-23(11-13-24)14-16-6-3-4-8-18(16)21/h3-4,6-8,15H,5,9-14H2,1-2H3. The Labute approximate surface area is 163 Å². The van der Waals surface area contributed by atoms with Gasteiger partial charge in [0.1, 0.15) is 5.84 Å². The highest BCUT2D eigenvalue weighted by Crippen LogP contribution is 2.20. The van der Waals surface area contributed by atoms with Gasteiger partial charge in [-0.15, -0.1) is 0 Å². The van der Waals surface area contributed by atoms with E-state index in [4.69, 9.17) is 4.74 Å². The Bertz CT molecular complexity index is 707. The summed E-state index contributed by atoms with van der Waals surface area (Å²) in [4.78, 5) is 21.7. The van der Waals surface area contributed by atoms with E-state index in [0.29, 0.717) is 5.57 Å². The number of rotatable bonds is 4. The second-order valence-electron chi connectivity index (χ2n) is 6.92. The Hall–Kier alpha value is -1.66. The van der Waals surface area contributed by atoms with Crippen LogP contribution in [0.3, 0.4) is 0 Å². The number of halogens is 1. The third kappa shape index (κ3) is 4.74. The zero-order chi connectivity index (χ0) is 18.5. The minimum Gasteiger partial charge on any atom is -0.459 e. The van der Waals surface area contributed by atoms with Gasteiger partial charge >= 0.3 is 5.97 Å². The van der Waals surface area contributed by atoms with E-state index in [2.05, 4.69) is 48.9 Å². The third-order valence-electron chi connectivity index (χ3n) is 4.57. The van der Waals surface area contributed by atoms with Gasteiger partial charge in [-0.25, -0.2) is 4.79 Å². The molecular formula is C20H26BrN3O2. The molecule has 0 spiro atoms. The second kappa shape index (κ2) is 8.82. The summed E-state index contributed by atoms with van der Waals surface area (Å²) in [5.41, 5.74) is 1.93. The number of hydrogen-bond acceptors (Lipinski definition) is 5. The van der Waals surface area contributed by atoms with Crippen molar-refractivity contribution in [2.75, 3.05) is 32.7 Å². The van der Waals surface area contributed by atoms with Crippen molar-refractivity contribution < 1.29 is 9.53 Å². The molecule has 0 aliphatic carbocycles. The average molecular weight is 420 g/mol. The van der Waals surface area contributed by atoms with Gasteiger partial charge in [0.2, 0.25) is 0 Å². The molecule has 1 aromatic rings. The molecule has 1 fully saturated rings. The minimum absolute atomic E-state index is 0.118. The number of carbonyl (C=O) groups excluding carboxylic acids is 1. The Morgan fingerprint density at radius 1 is 1.23 bits per heavy atom. The molecule has 0 amide bonds. The van der Waals surface area contributed by atoms with Crippen LogP contribution < -0.4 is 0 Å². The van der Waals surface area contributed by atoms with Crippen LogP contribution in [0, 0.1) is 0 Å². The lowest BCUT2D eigenvalue weighted by molar-refractivity contribution is -0.142. The largest absolute Gasteiger partial charge is 0.459 e. The number of piperazine rings is 1. The maximum absolute atomic E-state index is 12.4. The highest BCUT2D eigenvalue weighted by atomic mass is 79.9. The summed E-state index contributed by atoms with van der Waals surface area (Å²) in [5.74, 6) is 0.552. The monoisotopic (exact) mass is 419 g/mol. The summed E-state index contributed by atoms with van der Waals surface area (Å²) in [6, 6.07) is 8.35. The molecule has 2 heterocycles. The predicted octanol–water partition coefficient (Wildman–Crippen LogP) is 3.25. The average Bonchev–Trinajstić information content (AvgIpc) is 2.64. The fourth-order valence-corrected chi connectivity index (χ4v) is 3.67. The number of hydrogen-bond donors (Lipinski definition) is 0. The maximum Gasteiger partial charge on any atom is 0.341 e. The Morgan fingerprint density at radius 3 is 2.65 bits per heavy atom. The van der Waals surface area contributed by atoms with Gasteiger partial charge in [-0.05, 0) is 31.9 Å². The van der Waals surface area contributed by atoms with E-state index < -0.39 is 0 Å². The minimum atomic E-state index is -0.255. The van der Waals surface area contributed by atoms with Crippen LogP contribution in [0.15, 0.2) is 45.4 Å². The maximum atomic E-state index is 12.4. The van der Waals surface area contributed by atoms with Crippen LogP contribution in [0.4, 0.5) is 0 Å². The van der Waals surface area contributed by atoms with Crippen molar-refractivity contribution in [1.82, 2.24) is 9.80 Å². The molecule has 1 saturated heterocycles. The topological polar surface area (TPSA) is 45.1 Å². The second-order valence-corrected chi connectivity index (χ2v) is 7.77. The molecule has 26 heavy (non-hydrogen) atoms. The predicted molar refractivity (Wildman–Crippen MR) is 107 cm³/mol. The van der Waals surface area contributed by atoms with Gasteiger partial charge < -0.3 is 9.64 Å². The van der Waals surface area contributed by atoms with E-state index in [1.54, 1.807) is 0 Å². The SMILES string of the molecule is CC(C)OC(=O)C1=CCCN=C1N1CCN(Cc2ccccc2Br)CC1. The summed E-state index contributed by atoms with van der Waals surface area (Å²) in [6.45, 7) is 9.06. The van der Waals surface area contributed by atoms with E-state index in [1.807, 2.05) is 26.0 Å².